The van der Waals surface area contributed by atoms with Crippen molar-refractivity contribution >= 4 is 85.4 Å². The van der Waals surface area contributed by atoms with Crippen LogP contribution in [0.5, 0.6) is 0 Å². The molecule has 2 aliphatic rings. The van der Waals surface area contributed by atoms with E-state index in [9.17, 15) is 27.6 Å². The summed E-state index contributed by atoms with van der Waals surface area (Å²) in [6.45, 7) is -0.373. The molecular formula is C28H20Cl2N4O6S3. The number of anilines is 2. The summed E-state index contributed by atoms with van der Waals surface area (Å²) in [5.74, 6) is -2.83. The van der Waals surface area contributed by atoms with Gasteiger partial charge in [-0.1, -0.05) is 58.4 Å². The molecule has 0 spiro atoms. The fraction of sp³-hybridized carbons (Fsp3) is 0.143. The predicted molar refractivity (Wildman–Crippen MR) is 165 cm³/mol. The van der Waals surface area contributed by atoms with E-state index < -0.39 is 49.7 Å². The minimum absolute atomic E-state index is 0.115. The molecule has 3 atom stereocenters. The van der Waals surface area contributed by atoms with Gasteiger partial charge in [0.2, 0.25) is 27.7 Å². The second-order valence-electron chi connectivity index (χ2n) is 9.82. The third-order valence-corrected chi connectivity index (χ3v) is 11.2. The number of thioether (sulfide) groups is 1. The third kappa shape index (κ3) is 5.52. The van der Waals surface area contributed by atoms with Crippen LogP contribution in [0, 0.1) is 5.92 Å². The Morgan fingerprint density at radius 2 is 1.49 bits per heavy atom. The number of carbonyl (C=O) groups is 3. The third-order valence-electron chi connectivity index (χ3n) is 7.13. The molecule has 43 heavy (non-hydrogen) atoms. The Bertz CT molecular complexity index is 1940. The standard InChI is InChI=1S/C28H20Cl2N4O6S3/c29-15-3-1-14(2-4-15)21-22-23(26(37)34(25(22)36)18-9-5-16(30)6-10-18)41-27-24(21)42-28(38)33(27)13-20(35)32-17-7-11-19(12-8-17)43(31,39)40/h1-12,21-23H,13H2,(H,32,35)(H2,31,39,40)/t21-,22+,23-/m0/s1. The van der Waals surface area contributed by atoms with Crippen molar-refractivity contribution in [3.63, 3.8) is 0 Å². The van der Waals surface area contributed by atoms with Crippen LogP contribution in [0.15, 0.2) is 87.5 Å². The quantitative estimate of drug-likeness (QED) is 0.290. The maximum absolute atomic E-state index is 13.9. The van der Waals surface area contributed by atoms with Crippen LogP contribution in [0.4, 0.5) is 11.4 Å². The number of thiazole rings is 1. The first-order chi connectivity index (χ1) is 20.4. The molecule has 0 unspecified atom stereocenters. The molecule has 15 heteroatoms. The Labute approximate surface area is 263 Å². The molecule has 6 rings (SSSR count). The zero-order valence-electron chi connectivity index (χ0n) is 21.8. The molecule has 3 heterocycles. The number of sulfonamides is 1. The highest BCUT2D eigenvalue weighted by Gasteiger charge is 2.56. The van der Waals surface area contributed by atoms with Gasteiger partial charge in [-0.15, -0.1) is 0 Å². The van der Waals surface area contributed by atoms with Gasteiger partial charge in [0.15, 0.2) is 0 Å². The maximum Gasteiger partial charge on any atom is 0.308 e. The van der Waals surface area contributed by atoms with Gasteiger partial charge in [0, 0.05) is 26.5 Å². The zero-order chi connectivity index (χ0) is 30.6. The molecule has 3 amide bonds. The van der Waals surface area contributed by atoms with E-state index in [-0.39, 0.29) is 11.4 Å². The molecule has 220 valence electrons. The van der Waals surface area contributed by atoms with Crippen LogP contribution in [-0.2, 0) is 31.0 Å². The molecule has 4 aromatic rings. The van der Waals surface area contributed by atoms with E-state index in [1.54, 1.807) is 48.5 Å². The minimum atomic E-state index is -3.90. The van der Waals surface area contributed by atoms with Gasteiger partial charge in [-0.3, -0.25) is 23.7 Å². The highest BCUT2D eigenvalue weighted by Crippen LogP contribution is 2.54. The first-order valence-electron chi connectivity index (χ1n) is 12.6. The molecule has 0 aliphatic carbocycles. The van der Waals surface area contributed by atoms with E-state index in [0.717, 1.165) is 28.0 Å². The zero-order valence-corrected chi connectivity index (χ0v) is 25.7. The second kappa shape index (κ2) is 11.2. The fourth-order valence-electron chi connectivity index (χ4n) is 5.20. The van der Waals surface area contributed by atoms with E-state index in [4.69, 9.17) is 28.3 Å². The van der Waals surface area contributed by atoms with E-state index in [1.165, 1.54) is 28.8 Å². The molecule has 10 nitrogen and oxygen atoms in total. The summed E-state index contributed by atoms with van der Waals surface area (Å²) in [5, 5.41) is 8.29. The number of aromatic nitrogens is 1. The molecule has 1 saturated heterocycles. The van der Waals surface area contributed by atoms with Crippen molar-refractivity contribution in [1.29, 1.82) is 0 Å². The normalized spacial score (nSPS) is 19.7. The molecule has 3 aromatic carbocycles. The Morgan fingerprint density at radius 3 is 2.09 bits per heavy atom. The number of halogens is 2. The van der Waals surface area contributed by atoms with Crippen LogP contribution in [-0.4, -0.2) is 36.0 Å². The summed E-state index contributed by atoms with van der Waals surface area (Å²) in [6, 6.07) is 18.6. The predicted octanol–water partition coefficient (Wildman–Crippen LogP) is 4.30. The topological polar surface area (TPSA) is 149 Å². The van der Waals surface area contributed by atoms with Crippen molar-refractivity contribution in [3.05, 3.63) is 103 Å². The molecule has 0 radical (unpaired) electrons. The number of hydrogen-bond donors (Lipinski definition) is 2. The number of fused-ring (bicyclic) bond motifs is 2. The average molecular weight is 676 g/mol. The molecular weight excluding hydrogens is 655 g/mol. The SMILES string of the molecule is NS(=O)(=O)c1ccc(NC(=O)Cn2c3c(sc2=O)[C@@H](c2ccc(Cl)cc2)[C@H]2C(=O)N(c4ccc(Cl)cc4)C(=O)[C@H]2S3)cc1. The molecule has 3 N–H and O–H groups in total. The highest BCUT2D eigenvalue weighted by atomic mass is 35.5. The molecule has 1 aromatic heterocycles. The van der Waals surface area contributed by atoms with Gasteiger partial charge in [0.1, 0.15) is 11.8 Å². The summed E-state index contributed by atoms with van der Waals surface area (Å²) in [6.07, 6.45) is 0. The van der Waals surface area contributed by atoms with E-state index in [2.05, 4.69) is 5.32 Å². The number of nitrogens with zero attached hydrogens (tertiary/aromatic N) is 2. The fourth-order valence-corrected chi connectivity index (χ4v) is 8.74. The van der Waals surface area contributed by atoms with Crippen molar-refractivity contribution in [2.75, 3.05) is 10.2 Å². The average Bonchev–Trinajstić information content (AvgIpc) is 3.40. The molecule has 0 bridgehead atoms. The van der Waals surface area contributed by atoms with Crippen molar-refractivity contribution in [1.82, 2.24) is 4.57 Å². The van der Waals surface area contributed by atoms with Gasteiger partial charge in [-0.05, 0) is 66.2 Å². The number of nitrogens with two attached hydrogens (primary N) is 1. The summed E-state index contributed by atoms with van der Waals surface area (Å²) >= 11 is 14.2. The van der Waals surface area contributed by atoms with Crippen LogP contribution in [0.1, 0.15) is 16.4 Å². The minimum Gasteiger partial charge on any atom is -0.325 e. The monoisotopic (exact) mass is 674 g/mol. The summed E-state index contributed by atoms with van der Waals surface area (Å²) < 4.78 is 24.3. The maximum atomic E-state index is 13.9. The molecule has 0 saturated carbocycles. The number of nitrogens with one attached hydrogen (secondary N) is 1. The van der Waals surface area contributed by atoms with Gasteiger partial charge >= 0.3 is 4.87 Å². The van der Waals surface area contributed by atoms with Crippen molar-refractivity contribution in [2.24, 2.45) is 11.1 Å². The lowest BCUT2D eigenvalue weighted by molar-refractivity contribution is -0.122. The second-order valence-corrected chi connectivity index (χ2v) is 14.4. The van der Waals surface area contributed by atoms with Gasteiger partial charge in [-0.25, -0.2) is 18.5 Å². The van der Waals surface area contributed by atoms with Crippen LogP contribution in [0.25, 0.3) is 0 Å². The van der Waals surface area contributed by atoms with Gasteiger partial charge in [0.05, 0.1) is 21.5 Å². The van der Waals surface area contributed by atoms with Crippen LogP contribution in [0.3, 0.4) is 0 Å². The lowest BCUT2D eigenvalue weighted by Crippen LogP contribution is -2.33. The van der Waals surface area contributed by atoms with Gasteiger partial charge < -0.3 is 5.32 Å². The van der Waals surface area contributed by atoms with Crippen LogP contribution >= 0.6 is 46.3 Å². The summed E-state index contributed by atoms with van der Waals surface area (Å²) in [7, 11) is -3.90. The number of rotatable bonds is 6. The smallest absolute Gasteiger partial charge is 0.308 e. The number of imide groups is 1. The van der Waals surface area contributed by atoms with Crippen molar-refractivity contribution < 1.29 is 22.8 Å². The Morgan fingerprint density at radius 1 is 0.884 bits per heavy atom. The largest absolute Gasteiger partial charge is 0.325 e. The van der Waals surface area contributed by atoms with E-state index in [1.807, 2.05) is 0 Å². The van der Waals surface area contributed by atoms with E-state index in [0.29, 0.717) is 36.9 Å². The Balaban J connectivity index is 1.36. The number of carbonyl (C=O) groups excluding carboxylic acids is 3. The van der Waals surface area contributed by atoms with E-state index >= 15 is 0 Å². The number of primary sulfonamides is 1. The van der Waals surface area contributed by atoms with Crippen molar-refractivity contribution in [2.45, 2.75) is 27.6 Å². The number of benzene rings is 3. The van der Waals surface area contributed by atoms with Crippen LogP contribution < -0.4 is 20.2 Å². The van der Waals surface area contributed by atoms with Gasteiger partial charge in [0.25, 0.3) is 0 Å². The highest BCUT2D eigenvalue weighted by molar-refractivity contribution is 8.00. The van der Waals surface area contributed by atoms with Crippen LogP contribution in [0.2, 0.25) is 10.0 Å². The van der Waals surface area contributed by atoms with Crippen molar-refractivity contribution in [3.8, 4) is 0 Å². The number of amides is 3. The first kappa shape index (κ1) is 29.6. The Hall–Kier alpha value is -3.46. The summed E-state index contributed by atoms with van der Waals surface area (Å²) in [5.41, 5.74) is 1.39. The molecule has 1 fully saturated rings. The number of hydrogen-bond acceptors (Lipinski definition) is 8. The lowest BCUT2D eigenvalue weighted by Gasteiger charge is -2.30. The lowest BCUT2D eigenvalue weighted by atomic mass is 9.83. The summed E-state index contributed by atoms with van der Waals surface area (Å²) in [4.78, 5) is 55.2. The first-order valence-corrected chi connectivity index (χ1v) is 16.6. The molecule has 2 aliphatic heterocycles. The van der Waals surface area contributed by atoms with Gasteiger partial charge in [-0.2, -0.15) is 0 Å². The Kier molecular flexibility index (Phi) is 7.73.